The fourth-order valence-electron chi connectivity index (χ4n) is 6.13. The maximum Gasteiger partial charge on any atom is 0.206 e. The third-order valence-corrected chi connectivity index (χ3v) is 11.3. The first-order valence-corrected chi connectivity index (χ1v) is 17.0. The minimum Gasteiger partial charge on any atom is -0.420 e. The van der Waals surface area contributed by atoms with Crippen LogP contribution in [-0.4, -0.2) is 13.0 Å². The molecule has 8 rings (SSSR count). The van der Waals surface area contributed by atoms with Gasteiger partial charge in [0.25, 0.3) is 0 Å². The third kappa shape index (κ3) is 4.37. The molecular weight excluding hydrogens is 638 g/mol. The van der Waals surface area contributed by atoms with Gasteiger partial charge in [-0.25, -0.2) is 8.42 Å². The van der Waals surface area contributed by atoms with Gasteiger partial charge in [-0.3, -0.25) is 0 Å². The van der Waals surface area contributed by atoms with Gasteiger partial charge >= 0.3 is 0 Å². The van der Waals surface area contributed by atoms with E-state index in [0.717, 1.165) is 66.6 Å². The smallest absolute Gasteiger partial charge is 0.206 e. The fourth-order valence-corrected chi connectivity index (χ4v) is 8.56. The number of fused-ring (bicyclic) bond motifs is 5. The number of halogens is 1. The summed E-state index contributed by atoms with van der Waals surface area (Å²) in [7, 11) is -3.68. The first-order chi connectivity index (χ1) is 21.0. The van der Waals surface area contributed by atoms with Gasteiger partial charge in [-0.15, -0.1) is 0 Å². The van der Waals surface area contributed by atoms with Gasteiger partial charge in [0.1, 0.15) is 5.76 Å². The Morgan fingerprint density at radius 3 is 2.40 bits per heavy atom. The van der Waals surface area contributed by atoms with Gasteiger partial charge in [0, 0.05) is 26.5 Å². The molecule has 0 N–H and O–H groups in total. The van der Waals surface area contributed by atoms with Crippen molar-refractivity contribution in [2.45, 2.75) is 27.5 Å². The van der Waals surface area contributed by atoms with Crippen LogP contribution in [0.3, 0.4) is 0 Å². The molecule has 2 aliphatic rings. The molecule has 2 heterocycles. The molecular formula is C36H24BrNO3S2. The van der Waals surface area contributed by atoms with Gasteiger partial charge in [0.05, 0.1) is 37.8 Å². The van der Waals surface area contributed by atoms with E-state index in [4.69, 9.17) is 4.18 Å². The molecule has 0 amide bonds. The monoisotopic (exact) mass is 661 g/mol. The van der Waals surface area contributed by atoms with Crippen molar-refractivity contribution in [3.8, 4) is 16.8 Å². The highest BCUT2D eigenvalue weighted by molar-refractivity contribution is 9.10. The zero-order chi connectivity index (χ0) is 29.1. The van der Waals surface area contributed by atoms with E-state index >= 15 is 0 Å². The van der Waals surface area contributed by atoms with Gasteiger partial charge in [0.2, 0.25) is 9.84 Å². The average Bonchev–Trinajstić information content (AvgIpc) is 3.38. The van der Waals surface area contributed by atoms with Crippen LogP contribution < -0.4 is 0 Å². The molecule has 5 aromatic carbocycles. The van der Waals surface area contributed by atoms with Gasteiger partial charge < -0.3 is 8.75 Å². The van der Waals surface area contributed by atoms with Crippen LogP contribution in [0.2, 0.25) is 0 Å². The largest absolute Gasteiger partial charge is 0.420 e. The summed E-state index contributed by atoms with van der Waals surface area (Å²) in [4.78, 5) is 1.68. The van der Waals surface area contributed by atoms with Gasteiger partial charge in [0.15, 0.2) is 0 Å². The van der Waals surface area contributed by atoms with Crippen LogP contribution in [0, 0.1) is 0 Å². The Hall–Kier alpha value is -4.04. The molecule has 43 heavy (non-hydrogen) atoms. The normalized spacial score (nSPS) is 14.5. The number of nitrogens with zero attached hydrogens (tertiary/aromatic N) is 1. The van der Waals surface area contributed by atoms with Crippen molar-refractivity contribution in [1.82, 2.24) is 4.57 Å². The lowest BCUT2D eigenvalue weighted by molar-refractivity contribution is 0.513. The Morgan fingerprint density at radius 2 is 1.51 bits per heavy atom. The minimum absolute atomic E-state index is 0.270. The fraction of sp³-hybridized carbons (Fsp3) is 0.0556. The number of hydrogen-bond acceptors (Lipinski definition) is 4. The topological polar surface area (TPSA) is 48.3 Å². The van der Waals surface area contributed by atoms with Crippen molar-refractivity contribution in [3.63, 3.8) is 0 Å². The van der Waals surface area contributed by atoms with E-state index in [1.54, 1.807) is 36.4 Å². The number of allylic oxidation sites excluding steroid dienone is 3. The second kappa shape index (κ2) is 10.3. The maximum absolute atomic E-state index is 13.6. The summed E-state index contributed by atoms with van der Waals surface area (Å²) in [5, 5.41) is 1.90. The molecule has 6 aromatic rings. The van der Waals surface area contributed by atoms with E-state index in [9.17, 15) is 8.42 Å². The molecule has 0 saturated carbocycles. The van der Waals surface area contributed by atoms with Crippen LogP contribution >= 0.6 is 28.0 Å². The molecule has 0 bridgehead atoms. The third-order valence-electron chi connectivity index (χ3n) is 8.18. The molecule has 7 heteroatoms. The lowest BCUT2D eigenvalue weighted by Gasteiger charge is -2.25. The molecule has 0 fully saturated rings. The van der Waals surface area contributed by atoms with E-state index in [-0.39, 0.29) is 9.79 Å². The zero-order valence-corrected chi connectivity index (χ0v) is 26.0. The standard InChI is InChI=1S/C36H24BrNO3S2/c37-24-15-17-26(18-16-24)43(39,40)27-19-20-34-32(22-27)29-9-1-3-13-33(29)38(34)25-8-5-7-23(21-25)28-11-6-12-31-30-10-2-4-14-35(30)41-42-36(28)31/h1,3-9,11-22H,2,10H2. The van der Waals surface area contributed by atoms with E-state index in [1.807, 2.05) is 18.2 Å². The van der Waals surface area contributed by atoms with Crippen LogP contribution in [0.1, 0.15) is 18.4 Å². The SMILES string of the molecule is O=S(=O)(c1ccc(Br)cc1)c1ccc2c(c1)c1ccccc1n2-c1cccc(-c2cccc3c2SOC2=C3CCC=C2)c1. The molecule has 1 aliphatic heterocycles. The van der Waals surface area contributed by atoms with Crippen molar-refractivity contribution in [2.75, 3.05) is 0 Å². The van der Waals surface area contributed by atoms with Gasteiger partial charge in [-0.05, 0) is 96.3 Å². The highest BCUT2D eigenvalue weighted by atomic mass is 79.9. The lowest BCUT2D eigenvalue weighted by atomic mass is 9.93. The molecule has 0 saturated heterocycles. The molecule has 0 unspecified atom stereocenters. The first-order valence-electron chi connectivity index (χ1n) is 14.0. The molecule has 0 spiro atoms. The maximum atomic E-state index is 13.6. The van der Waals surface area contributed by atoms with Gasteiger partial charge in [-0.1, -0.05) is 70.5 Å². The number of aromatic nitrogens is 1. The molecule has 1 aromatic heterocycles. The molecule has 0 atom stereocenters. The summed E-state index contributed by atoms with van der Waals surface area (Å²) in [6.07, 6.45) is 6.25. The van der Waals surface area contributed by atoms with Crippen LogP contribution in [0.5, 0.6) is 0 Å². The number of rotatable bonds is 4. The first kappa shape index (κ1) is 26.6. The minimum atomic E-state index is -3.68. The lowest BCUT2D eigenvalue weighted by Crippen LogP contribution is -2.04. The van der Waals surface area contributed by atoms with Crippen molar-refractivity contribution in [3.05, 3.63) is 137 Å². The van der Waals surface area contributed by atoms with Crippen molar-refractivity contribution < 1.29 is 12.6 Å². The van der Waals surface area contributed by atoms with E-state index in [0.29, 0.717) is 0 Å². The zero-order valence-electron chi connectivity index (χ0n) is 22.8. The van der Waals surface area contributed by atoms with Crippen molar-refractivity contribution >= 4 is 65.2 Å². The highest BCUT2D eigenvalue weighted by Crippen LogP contribution is 2.47. The predicted octanol–water partition coefficient (Wildman–Crippen LogP) is 10.1. The van der Waals surface area contributed by atoms with Crippen molar-refractivity contribution in [1.29, 1.82) is 0 Å². The quantitative estimate of drug-likeness (QED) is 0.176. The van der Waals surface area contributed by atoms with Gasteiger partial charge in [-0.2, -0.15) is 0 Å². The Labute approximate surface area is 262 Å². The van der Waals surface area contributed by atoms with Crippen LogP contribution in [0.4, 0.5) is 0 Å². The number of para-hydroxylation sites is 1. The molecule has 4 nitrogen and oxygen atoms in total. The summed E-state index contributed by atoms with van der Waals surface area (Å²) in [5.74, 6) is 0.960. The van der Waals surface area contributed by atoms with Crippen LogP contribution in [0.25, 0.3) is 44.2 Å². The van der Waals surface area contributed by atoms with Crippen molar-refractivity contribution in [2.24, 2.45) is 0 Å². The number of sulfone groups is 1. The second-order valence-corrected chi connectivity index (χ2v) is 14.3. The van der Waals surface area contributed by atoms with E-state index in [2.05, 4.69) is 87.2 Å². The molecule has 1 aliphatic carbocycles. The molecule has 0 radical (unpaired) electrons. The second-order valence-electron chi connectivity index (χ2n) is 10.7. The Kier molecular flexibility index (Phi) is 6.37. The highest BCUT2D eigenvalue weighted by Gasteiger charge is 2.25. The summed E-state index contributed by atoms with van der Waals surface area (Å²) in [6, 6.07) is 35.4. The van der Waals surface area contributed by atoms with E-state index in [1.165, 1.54) is 23.2 Å². The summed E-state index contributed by atoms with van der Waals surface area (Å²) >= 11 is 4.83. The predicted molar refractivity (Wildman–Crippen MR) is 178 cm³/mol. The Balaban J connectivity index is 1.28. The molecule has 210 valence electrons. The Morgan fingerprint density at radius 1 is 0.744 bits per heavy atom. The number of benzene rings is 5. The van der Waals surface area contributed by atoms with Crippen LogP contribution in [-0.2, 0) is 14.0 Å². The summed E-state index contributed by atoms with van der Waals surface area (Å²) in [5.41, 5.74) is 7.72. The number of hydrogen-bond donors (Lipinski definition) is 0. The average molecular weight is 663 g/mol. The van der Waals surface area contributed by atoms with E-state index < -0.39 is 9.84 Å². The Bertz CT molecular complexity index is 2260. The summed E-state index contributed by atoms with van der Waals surface area (Å²) in [6.45, 7) is 0. The summed E-state index contributed by atoms with van der Waals surface area (Å²) < 4.78 is 36.3. The van der Waals surface area contributed by atoms with Crippen LogP contribution in [0.15, 0.2) is 146 Å².